The molecular weight excluding hydrogens is 200 g/mol. The molecule has 84 valence electrons. The highest BCUT2D eigenvalue weighted by molar-refractivity contribution is 5.18. The zero-order valence-corrected chi connectivity index (χ0v) is 9.39. The minimum absolute atomic E-state index is 0.504. The lowest BCUT2D eigenvalue weighted by Gasteiger charge is -2.11. The van der Waals surface area contributed by atoms with Gasteiger partial charge in [0.15, 0.2) is 0 Å². The number of benzene rings is 1. The first-order valence-corrected chi connectivity index (χ1v) is 5.51. The van der Waals surface area contributed by atoms with E-state index in [0.29, 0.717) is 5.92 Å². The summed E-state index contributed by atoms with van der Waals surface area (Å²) in [5, 5.41) is 7.02. The highest BCUT2D eigenvalue weighted by Gasteiger charge is 2.04. The van der Waals surface area contributed by atoms with Crippen LogP contribution in [0.4, 0.5) is 0 Å². The summed E-state index contributed by atoms with van der Waals surface area (Å²) < 4.78 is 5.01. The summed E-state index contributed by atoms with van der Waals surface area (Å²) in [6.07, 6.45) is 1.66. The topological polar surface area (TPSA) is 38.1 Å². The lowest BCUT2D eigenvalue weighted by molar-refractivity contribution is 0.371. The van der Waals surface area contributed by atoms with Gasteiger partial charge in [-0.3, -0.25) is 0 Å². The molecule has 2 aromatic rings. The minimum atomic E-state index is 0.504. The van der Waals surface area contributed by atoms with Crippen molar-refractivity contribution in [3.63, 3.8) is 0 Å². The van der Waals surface area contributed by atoms with Crippen LogP contribution in [0.1, 0.15) is 24.2 Å². The first-order valence-electron chi connectivity index (χ1n) is 5.51. The molecule has 0 saturated carbocycles. The van der Waals surface area contributed by atoms with E-state index in [-0.39, 0.29) is 0 Å². The van der Waals surface area contributed by atoms with Crippen molar-refractivity contribution in [2.24, 2.45) is 0 Å². The van der Waals surface area contributed by atoms with Gasteiger partial charge in [0.2, 0.25) is 0 Å². The van der Waals surface area contributed by atoms with Crippen molar-refractivity contribution in [3.8, 4) is 0 Å². The predicted octanol–water partition coefficient (Wildman–Crippen LogP) is 2.57. The maximum atomic E-state index is 5.01. The number of hydrogen-bond acceptors (Lipinski definition) is 3. The van der Waals surface area contributed by atoms with Crippen LogP contribution in [0.5, 0.6) is 0 Å². The highest BCUT2D eigenvalue weighted by Crippen LogP contribution is 2.13. The van der Waals surface area contributed by atoms with Gasteiger partial charge < -0.3 is 9.84 Å². The van der Waals surface area contributed by atoms with Crippen molar-refractivity contribution in [2.45, 2.75) is 19.4 Å². The predicted molar refractivity (Wildman–Crippen MR) is 63.1 cm³/mol. The Balaban J connectivity index is 1.78. The molecule has 0 aliphatic heterocycles. The van der Waals surface area contributed by atoms with Crippen LogP contribution in [0.15, 0.2) is 47.1 Å². The second-order valence-electron chi connectivity index (χ2n) is 3.92. The van der Waals surface area contributed by atoms with E-state index in [4.69, 9.17) is 4.52 Å². The number of hydrogen-bond donors (Lipinski definition) is 1. The zero-order chi connectivity index (χ0) is 11.2. The Kier molecular flexibility index (Phi) is 3.72. The van der Waals surface area contributed by atoms with E-state index in [0.717, 1.165) is 18.8 Å². The van der Waals surface area contributed by atoms with E-state index in [1.54, 1.807) is 6.20 Å². The van der Waals surface area contributed by atoms with Crippen LogP contribution < -0.4 is 5.32 Å². The third-order valence-corrected chi connectivity index (χ3v) is 2.61. The van der Waals surface area contributed by atoms with Crippen LogP contribution in [0, 0.1) is 0 Å². The smallest absolute Gasteiger partial charge is 0.150 e. The minimum Gasteiger partial charge on any atom is -0.360 e. The third-order valence-electron chi connectivity index (χ3n) is 2.61. The Bertz CT molecular complexity index is 397. The normalized spacial score (nSPS) is 12.6. The van der Waals surface area contributed by atoms with Crippen LogP contribution in [0.25, 0.3) is 0 Å². The summed E-state index contributed by atoms with van der Waals surface area (Å²) >= 11 is 0. The quantitative estimate of drug-likeness (QED) is 0.834. The Labute approximate surface area is 95.5 Å². The van der Waals surface area contributed by atoms with Crippen molar-refractivity contribution < 1.29 is 4.52 Å². The van der Waals surface area contributed by atoms with Gasteiger partial charge in [-0.05, 0) is 11.5 Å². The van der Waals surface area contributed by atoms with Gasteiger partial charge in [-0.25, -0.2) is 0 Å². The lowest BCUT2D eigenvalue weighted by atomic mass is 10.0. The van der Waals surface area contributed by atoms with Crippen LogP contribution in [-0.2, 0) is 6.54 Å². The summed E-state index contributed by atoms with van der Waals surface area (Å²) in [5.41, 5.74) is 1.35. The van der Waals surface area contributed by atoms with Gasteiger partial charge in [-0.1, -0.05) is 42.4 Å². The average molecular weight is 216 g/mol. The van der Waals surface area contributed by atoms with Gasteiger partial charge in [-0.15, -0.1) is 0 Å². The monoisotopic (exact) mass is 216 g/mol. The second kappa shape index (κ2) is 5.47. The summed E-state index contributed by atoms with van der Waals surface area (Å²) in [6, 6.07) is 12.4. The molecule has 2 rings (SSSR count). The number of aromatic nitrogens is 1. The molecule has 1 unspecified atom stereocenters. The maximum absolute atomic E-state index is 5.01. The Morgan fingerprint density at radius 3 is 2.75 bits per heavy atom. The SMILES string of the molecule is CC(CNCc1ccno1)c1ccccc1. The molecule has 3 heteroatoms. The highest BCUT2D eigenvalue weighted by atomic mass is 16.5. The van der Waals surface area contributed by atoms with Gasteiger partial charge in [0.25, 0.3) is 0 Å². The maximum Gasteiger partial charge on any atom is 0.150 e. The van der Waals surface area contributed by atoms with Gasteiger partial charge in [0.1, 0.15) is 5.76 Å². The Hall–Kier alpha value is -1.61. The molecule has 0 saturated heterocycles. The van der Waals surface area contributed by atoms with Crippen LogP contribution in [0.3, 0.4) is 0 Å². The van der Waals surface area contributed by atoms with Gasteiger partial charge in [0.05, 0.1) is 12.7 Å². The zero-order valence-electron chi connectivity index (χ0n) is 9.39. The molecular formula is C13H16N2O. The molecule has 0 amide bonds. The van der Waals surface area contributed by atoms with Gasteiger partial charge in [0, 0.05) is 12.6 Å². The van der Waals surface area contributed by atoms with Crippen LogP contribution >= 0.6 is 0 Å². The summed E-state index contributed by atoms with van der Waals surface area (Å²) in [5.74, 6) is 1.38. The first kappa shape index (κ1) is 10.9. The second-order valence-corrected chi connectivity index (χ2v) is 3.92. The van der Waals surface area contributed by atoms with Crippen LogP contribution in [-0.4, -0.2) is 11.7 Å². The van der Waals surface area contributed by atoms with Gasteiger partial charge >= 0.3 is 0 Å². The van der Waals surface area contributed by atoms with Crippen molar-refractivity contribution in [1.82, 2.24) is 10.5 Å². The number of rotatable bonds is 5. The molecule has 0 aliphatic carbocycles. The molecule has 16 heavy (non-hydrogen) atoms. The Morgan fingerprint density at radius 1 is 1.25 bits per heavy atom. The average Bonchev–Trinajstić information content (AvgIpc) is 2.83. The third kappa shape index (κ3) is 2.94. The van der Waals surface area contributed by atoms with E-state index >= 15 is 0 Å². The van der Waals surface area contributed by atoms with Crippen molar-refractivity contribution in [1.29, 1.82) is 0 Å². The van der Waals surface area contributed by atoms with Gasteiger partial charge in [-0.2, -0.15) is 0 Å². The lowest BCUT2D eigenvalue weighted by Crippen LogP contribution is -2.19. The molecule has 0 aliphatic rings. The molecule has 3 nitrogen and oxygen atoms in total. The molecule has 0 bridgehead atoms. The fourth-order valence-corrected chi connectivity index (χ4v) is 1.64. The summed E-state index contributed by atoms with van der Waals surface area (Å²) in [4.78, 5) is 0. The number of nitrogens with zero attached hydrogens (tertiary/aromatic N) is 1. The van der Waals surface area contributed by atoms with Crippen LogP contribution in [0.2, 0.25) is 0 Å². The molecule has 1 aromatic heterocycles. The Morgan fingerprint density at radius 2 is 2.06 bits per heavy atom. The van der Waals surface area contributed by atoms with Crippen molar-refractivity contribution >= 4 is 0 Å². The summed E-state index contributed by atoms with van der Waals surface area (Å²) in [7, 11) is 0. The molecule has 0 radical (unpaired) electrons. The first-order chi connectivity index (χ1) is 7.86. The van der Waals surface area contributed by atoms with Crippen molar-refractivity contribution in [3.05, 3.63) is 53.9 Å². The fourth-order valence-electron chi connectivity index (χ4n) is 1.64. The van der Waals surface area contributed by atoms with E-state index in [2.05, 4.69) is 41.7 Å². The van der Waals surface area contributed by atoms with E-state index in [1.165, 1.54) is 5.56 Å². The molecule has 1 atom stereocenters. The fraction of sp³-hybridized carbons (Fsp3) is 0.308. The molecule has 1 heterocycles. The summed E-state index contributed by atoms with van der Waals surface area (Å²) in [6.45, 7) is 3.88. The molecule has 0 fully saturated rings. The van der Waals surface area contributed by atoms with E-state index < -0.39 is 0 Å². The standard InChI is InChI=1S/C13H16N2O/c1-11(12-5-3-2-4-6-12)9-14-10-13-7-8-15-16-13/h2-8,11,14H,9-10H2,1H3. The molecule has 1 N–H and O–H groups in total. The molecule has 0 spiro atoms. The number of nitrogens with one attached hydrogen (secondary N) is 1. The van der Waals surface area contributed by atoms with E-state index in [9.17, 15) is 0 Å². The largest absolute Gasteiger partial charge is 0.360 e. The van der Waals surface area contributed by atoms with Crippen molar-refractivity contribution in [2.75, 3.05) is 6.54 Å². The van der Waals surface area contributed by atoms with E-state index in [1.807, 2.05) is 12.1 Å². The molecule has 1 aromatic carbocycles.